The van der Waals surface area contributed by atoms with Crippen LogP contribution in [0.15, 0.2) is 12.2 Å². The van der Waals surface area contributed by atoms with E-state index in [4.69, 9.17) is 28.4 Å². The van der Waals surface area contributed by atoms with Crippen molar-refractivity contribution in [1.82, 2.24) is 5.32 Å². The van der Waals surface area contributed by atoms with E-state index in [9.17, 15) is 61.0 Å². The van der Waals surface area contributed by atoms with Crippen molar-refractivity contribution in [2.24, 2.45) is 0 Å². The Labute approximate surface area is 410 Å². The van der Waals surface area contributed by atoms with Crippen molar-refractivity contribution in [3.05, 3.63) is 12.2 Å². The number of carbonyl (C=O) groups is 1. The van der Waals surface area contributed by atoms with Gasteiger partial charge in [0.2, 0.25) is 5.91 Å². The predicted molar refractivity (Wildman–Crippen MR) is 254 cm³/mol. The summed E-state index contributed by atoms with van der Waals surface area (Å²) in [4.78, 5) is 13.0. The minimum absolute atomic E-state index is 0.240. The van der Waals surface area contributed by atoms with Crippen LogP contribution in [0, 0.1) is 0 Å². The topological polar surface area (TPSA) is 307 Å². The molecule has 3 rings (SSSR count). The first-order chi connectivity index (χ1) is 33.3. The molecule has 406 valence electrons. The third-order valence-electron chi connectivity index (χ3n) is 13.6. The van der Waals surface area contributed by atoms with Crippen LogP contribution in [0.4, 0.5) is 0 Å². The summed E-state index contributed by atoms with van der Waals surface area (Å²) < 4.78 is 34.0. The average molecular weight is 996 g/mol. The second-order valence-corrected chi connectivity index (χ2v) is 19.3. The molecule has 3 fully saturated rings. The van der Waals surface area contributed by atoms with Crippen molar-refractivity contribution >= 4 is 5.91 Å². The molecule has 0 aliphatic carbocycles. The lowest BCUT2D eigenvalue weighted by atomic mass is 9.96. The Bertz CT molecular complexity index is 1330. The second kappa shape index (κ2) is 35.6. The maximum absolute atomic E-state index is 13.0. The van der Waals surface area contributed by atoms with Crippen LogP contribution in [0.5, 0.6) is 0 Å². The van der Waals surface area contributed by atoms with Gasteiger partial charge in [-0.1, -0.05) is 154 Å². The summed E-state index contributed by atoms with van der Waals surface area (Å²) in [6.45, 7) is 1.60. The molecule has 17 atom stereocenters. The third kappa shape index (κ3) is 21.5. The number of hydrogen-bond donors (Lipinski definition) is 12. The zero-order valence-electron chi connectivity index (χ0n) is 41.5. The molecule has 0 spiro atoms. The lowest BCUT2D eigenvalue weighted by Gasteiger charge is -2.48. The highest BCUT2D eigenvalue weighted by atomic mass is 16.8. The summed E-state index contributed by atoms with van der Waals surface area (Å²) in [5.41, 5.74) is 0. The van der Waals surface area contributed by atoms with Crippen LogP contribution in [0.25, 0.3) is 0 Å². The molecule has 0 radical (unpaired) electrons. The van der Waals surface area contributed by atoms with E-state index < -0.39 is 124 Å². The van der Waals surface area contributed by atoms with Crippen molar-refractivity contribution in [2.75, 3.05) is 26.4 Å². The zero-order valence-corrected chi connectivity index (χ0v) is 41.5. The van der Waals surface area contributed by atoms with E-state index in [-0.39, 0.29) is 18.9 Å². The van der Waals surface area contributed by atoms with Crippen LogP contribution in [0.2, 0.25) is 0 Å². The monoisotopic (exact) mass is 996 g/mol. The molecule has 3 aliphatic heterocycles. The first kappa shape index (κ1) is 61.8. The summed E-state index contributed by atoms with van der Waals surface area (Å²) >= 11 is 0. The zero-order chi connectivity index (χ0) is 50.6. The molecular weight excluding hydrogens is 903 g/mol. The highest BCUT2D eigenvalue weighted by Crippen LogP contribution is 2.33. The van der Waals surface area contributed by atoms with E-state index >= 15 is 0 Å². The van der Waals surface area contributed by atoms with Gasteiger partial charge in [0.15, 0.2) is 18.9 Å². The first-order valence-electron chi connectivity index (χ1n) is 26.4. The van der Waals surface area contributed by atoms with Crippen molar-refractivity contribution in [2.45, 2.75) is 272 Å². The number of allylic oxidation sites excluding steroid dienone is 1. The van der Waals surface area contributed by atoms with Gasteiger partial charge >= 0.3 is 0 Å². The number of amides is 1. The van der Waals surface area contributed by atoms with Crippen LogP contribution in [-0.4, -0.2) is 193 Å². The fraction of sp³-hybridized carbons (Fsp3) is 0.940. The molecule has 0 saturated carbocycles. The molecule has 3 heterocycles. The summed E-state index contributed by atoms with van der Waals surface area (Å²) in [5.74, 6) is -0.289. The van der Waals surface area contributed by atoms with Crippen molar-refractivity contribution in [3.8, 4) is 0 Å². The SMILES string of the molecule is CCCCCCCCCCCCCCCCCCC/C=C/C(O)C(COC1OC(CO)C(OC2OC(CO)C(OC3OC(CO)C(O)C(O)C3O)C(O)C2O)C(O)C1O)NC(=O)CCCCCCC. The molecule has 0 aromatic heterocycles. The number of nitrogens with one attached hydrogen (secondary N) is 1. The molecule has 12 N–H and O–H groups in total. The van der Waals surface area contributed by atoms with E-state index in [1.54, 1.807) is 6.08 Å². The first-order valence-corrected chi connectivity index (χ1v) is 26.4. The lowest BCUT2D eigenvalue weighted by molar-refractivity contribution is -0.379. The quantitative estimate of drug-likeness (QED) is 0.0314. The van der Waals surface area contributed by atoms with Gasteiger partial charge in [-0.05, 0) is 19.3 Å². The fourth-order valence-corrected chi connectivity index (χ4v) is 9.13. The maximum atomic E-state index is 13.0. The van der Waals surface area contributed by atoms with E-state index in [0.717, 1.165) is 51.4 Å². The van der Waals surface area contributed by atoms with Gasteiger partial charge in [0.1, 0.15) is 73.2 Å². The van der Waals surface area contributed by atoms with Crippen LogP contribution in [-0.2, 0) is 33.2 Å². The van der Waals surface area contributed by atoms with Crippen molar-refractivity contribution in [1.29, 1.82) is 0 Å². The number of unbranched alkanes of at least 4 members (excludes halogenated alkanes) is 21. The van der Waals surface area contributed by atoms with Gasteiger partial charge in [-0.25, -0.2) is 0 Å². The minimum atomic E-state index is -1.97. The Morgan fingerprint density at radius 3 is 1.36 bits per heavy atom. The van der Waals surface area contributed by atoms with Gasteiger partial charge in [-0.15, -0.1) is 0 Å². The van der Waals surface area contributed by atoms with Crippen molar-refractivity contribution in [3.63, 3.8) is 0 Å². The number of carbonyl (C=O) groups excluding carboxylic acids is 1. The number of hydrogen-bond acceptors (Lipinski definition) is 18. The summed E-state index contributed by atoms with van der Waals surface area (Å²) in [5, 5.41) is 119. The van der Waals surface area contributed by atoms with Gasteiger partial charge in [0.25, 0.3) is 0 Å². The maximum Gasteiger partial charge on any atom is 0.220 e. The Morgan fingerprint density at radius 1 is 0.507 bits per heavy atom. The molecule has 19 nitrogen and oxygen atoms in total. The standard InChI is InChI=1S/C50H93NO18/c1-3-5-7-9-10-11-12-13-14-15-16-17-18-19-20-21-22-24-25-27-34(55)33(51-38(56)28-26-23-8-6-4-2)32-64-48-44(62)41(59)46(36(30-53)66-48)69-50-45(63)42(60)47(37(31-54)67-50)68-49-43(61)40(58)39(57)35(29-52)65-49/h25,27,33-37,39-50,52-55,57-63H,3-24,26,28-32H2,1-2H3,(H,51,56)/b27-25+. The Kier molecular flexibility index (Phi) is 31.9. The van der Waals surface area contributed by atoms with Gasteiger partial charge < -0.3 is 89.9 Å². The number of ether oxygens (including phenoxy) is 6. The molecule has 0 aromatic carbocycles. The molecule has 17 unspecified atom stereocenters. The number of rotatable bonds is 37. The molecule has 0 aromatic rings. The van der Waals surface area contributed by atoms with E-state index in [1.807, 2.05) is 6.08 Å². The number of aliphatic hydroxyl groups excluding tert-OH is 11. The molecule has 3 aliphatic rings. The van der Waals surface area contributed by atoms with Gasteiger partial charge in [-0.2, -0.15) is 0 Å². The summed E-state index contributed by atoms with van der Waals surface area (Å²) in [7, 11) is 0. The van der Waals surface area contributed by atoms with E-state index in [2.05, 4.69) is 19.2 Å². The van der Waals surface area contributed by atoms with E-state index in [0.29, 0.717) is 6.42 Å². The molecule has 1 amide bonds. The summed E-state index contributed by atoms with van der Waals surface area (Å²) in [6, 6.07) is -0.963. The van der Waals surface area contributed by atoms with Crippen LogP contribution >= 0.6 is 0 Å². The third-order valence-corrected chi connectivity index (χ3v) is 13.6. The predicted octanol–water partition coefficient (Wildman–Crippen LogP) is 2.26. The number of aliphatic hydroxyl groups is 11. The van der Waals surface area contributed by atoms with Gasteiger partial charge in [0.05, 0.1) is 38.6 Å². The summed E-state index contributed by atoms with van der Waals surface area (Å²) in [6.07, 6.45) is 4.20. The molecule has 69 heavy (non-hydrogen) atoms. The average Bonchev–Trinajstić information content (AvgIpc) is 3.34. The lowest BCUT2D eigenvalue weighted by Crippen LogP contribution is -2.66. The Morgan fingerprint density at radius 2 is 0.899 bits per heavy atom. The second-order valence-electron chi connectivity index (χ2n) is 19.3. The van der Waals surface area contributed by atoms with Crippen LogP contribution < -0.4 is 5.32 Å². The highest BCUT2D eigenvalue weighted by Gasteiger charge is 2.53. The molecule has 0 bridgehead atoms. The molecule has 19 heteroatoms. The fourth-order valence-electron chi connectivity index (χ4n) is 9.13. The molecular formula is C50H93NO18. The smallest absolute Gasteiger partial charge is 0.220 e. The van der Waals surface area contributed by atoms with Gasteiger partial charge in [0, 0.05) is 6.42 Å². The van der Waals surface area contributed by atoms with E-state index in [1.165, 1.54) is 89.9 Å². The Balaban J connectivity index is 1.49. The van der Waals surface area contributed by atoms with Gasteiger partial charge in [-0.3, -0.25) is 4.79 Å². The molecule has 3 saturated heterocycles. The normalized spacial score (nSPS) is 32.9. The highest BCUT2D eigenvalue weighted by molar-refractivity contribution is 5.76. The largest absolute Gasteiger partial charge is 0.394 e. The van der Waals surface area contributed by atoms with Crippen LogP contribution in [0.1, 0.15) is 168 Å². The Hall–Kier alpha value is -1.47. The van der Waals surface area contributed by atoms with Crippen LogP contribution in [0.3, 0.4) is 0 Å². The minimum Gasteiger partial charge on any atom is -0.394 e. The van der Waals surface area contributed by atoms with Crippen molar-refractivity contribution < 1.29 is 89.4 Å².